The fourth-order valence-corrected chi connectivity index (χ4v) is 2.37. The zero-order valence-electron chi connectivity index (χ0n) is 9.20. The van der Waals surface area contributed by atoms with Gasteiger partial charge in [-0.3, -0.25) is 0 Å². The van der Waals surface area contributed by atoms with E-state index in [9.17, 15) is 0 Å². The van der Waals surface area contributed by atoms with Crippen molar-refractivity contribution in [3.05, 3.63) is 34.3 Å². The van der Waals surface area contributed by atoms with E-state index in [1.165, 1.54) is 18.4 Å². The summed E-state index contributed by atoms with van der Waals surface area (Å²) < 4.78 is 3.08. The predicted octanol–water partition coefficient (Wildman–Crippen LogP) is 2.66. The van der Waals surface area contributed by atoms with Crippen LogP contribution in [0.4, 0.5) is 0 Å². The van der Waals surface area contributed by atoms with E-state index < -0.39 is 0 Å². The second kappa shape index (κ2) is 3.86. The Labute approximate surface area is 103 Å². The minimum atomic E-state index is 0.719. The van der Waals surface area contributed by atoms with Crippen LogP contribution < -0.4 is 5.32 Å². The fraction of sp³-hybridized carbons (Fsp3) is 0.417. The van der Waals surface area contributed by atoms with Gasteiger partial charge in [-0.2, -0.15) is 0 Å². The fourth-order valence-electron chi connectivity index (χ4n) is 1.86. The maximum atomic E-state index is 4.55. The molecule has 0 saturated heterocycles. The average molecular weight is 280 g/mol. The molecule has 2 aromatic rings. The Kier molecular flexibility index (Phi) is 2.48. The van der Waals surface area contributed by atoms with Crippen molar-refractivity contribution < 1.29 is 0 Å². The Morgan fingerprint density at radius 1 is 1.56 bits per heavy atom. The maximum absolute atomic E-state index is 4.55. The summed E-state index contributed by atoms with van der Waals surface area (Å²) in [5, 5.41) is 3.49. The first-order valence-corrected chi connectivity index (χ1v) is 6.40. The normalized spacial score (nSPS) is 15.9. The minimum Gasteiger partial charge on any atom is -0.307 e. The third-order valence-electron chi connectivity index (χ3n) is 2.95. The van der Waals surface area contributed by atoms with Gasteiger partial charge in [-0.25, -0.2) is 4.98 Å². The average Bonchev–Trinajstić information content (AvgIpc) is 3.03. The standard InChI is InChI=1S/C12H14BrN3/c1-8-4-5-16-10(6-8)12(13)15-11(16)7-14-9-2-3-9/h4-6,9,14H,2-3,7H2,1H3. The van der Waals surface area contributed by atoms with E-state index in [1.54, 1.807) is 0 Å². The molecule has 0 bridgehead atoms. The lowest BCUT2D eigenvalue weighted by molar-refractivity contribution is 0.655. The van der Waals surface area contributed by atoms with Gasteiger partial charge in [0.2, 0.25) is 0 Å². The summed E-state index contributed by atoms with van der Waals surface area (Å²) >= 11 is 3.51. The van der Waals surface area contributed by atoms with Crippen molar-refractivity contribution in [1.29, 1.82) is 0 Å². The number of hydrogen-bond donors (Lipinski definition) is 1. The zero-order valence-corrected chi connectivity index (χ0v) is 10.8. The number of nitrogens with one attached hydrogen (secondary N) is 1. The van der Waals surface area contributed by atoms with Crippen LogP contribution in [0, 0.1) is 6.92 Å². The van der Waals surface area contributed by atoms with Gasteiger partial charge in [-0.05, 0) is 53.4 Å². The number of nitrogens with zero attached hydrogens (tertiary/aromatic N) is 2. The zero-order chi connectivity index (χ0) is 11.1. The van der Waals surface area contributed by atoms with Gasteiger partial charge in [0.15, 0.2) is 0 Å². The Hall–Kier alpha value is -0.870. The molecule has 0 amide bonds. The van der Waals surface area contributed by atoms with Crippen LogP contribution in [0.1, 0.15) is 24.2 Å². The molecule has 3 nitrogen and oxygen atoms in total. The molecule has 16 heavy (non-hydrogen) atoms. The molecular formula is C12H14BrN3. The van der Waals surface area contributed by atoms with E-state index in [1.807, 2.05) is 0 Å². The first kappa shape index (κ1) is 10.3. The van der Waals surface area contributed by atoms with Crippen molar-refractivity contribution in [3.8, 4) is 0 Å². The highest BCUT2D eigenvalue weighted by atomic mass is 79.9. The summed E-state index contributed by atoms with van der Waals surface area (Å²) in [5.74, 6) is 1.08. The maximum Gasteiger partial charge on any atom is 0.132 e. The Morgan fingerprint density at radius 2 is 2.38 bits per heavy atom. The van der Waals surface area contributed by atoms with E-state index >= 15 is 0 Å². The van der Waals surface area contributed by atoms with Crippen LogP contribution in [0.3, 0.4) is 0 Å². The SMILES string of the molecule is Cc1ccn2c(CNC3CC3)nc(Br)c2c1. The molecular weight excluding hydrogens is 266 g/mol. The quantitative estimate of drug-likeness (QED) is 0.936. The summed E-state index contributed by atoms with van der Waals surface area (Å²) in [4.78, 5) is 4.55. The summed E-state index contributed by atoms with van der Waals surface area (Å²) in [6.07, 6.45) is 4.71. The van der Waals surface area contributed by atoms with E-state index in [2.05, 4.69) is 55.9 Å². The van der Waals surface area contributed by atoms with Crippen molar-refractivity contribution >= 4 is 21.4 Å². The molecule has 1 aliphatic carbocycles. The van der Waals surface area contributed by atoms with Gasteiger partial charge < -0.3 is 9.72 Å². The highest BCUT2D eigenvalue weighted by Gasteiger charge is 2.21. The number of halogens is 1. The molecule has 0 aliphatic heterocycles. The van der Waals surface area contributed by atoms with Crippen molar-refractivity contribution in [3.63, 3.8) is 0 Å². The summed E-state index contributed by atoms with van der Waals surface area (Å²) in [6, 6.07) is 4.98. The number of pyridine rings is 1. The lowest BCUT2D eigenvalue weighted by Gasteiger charge is -2.02. The molecule has 1 fully saturated rings. The minimum absolute atomic E-state index is 0.719. The molecule has 1 N–H and O–H groups in total. The van der Waals surface area contributed by atoms with Gasteiger partial charge in [-0.15, -0.1) is 0 Å². The third kappa shape index (κ3) is 1.87. The summed E-state index contributed by atoms with van der Waals surface area (Å²) in [6.45, 7) is 2.95. The van der Waals surface area contributed by atoms with Crippen LogP contribution in [0.25, 0.3) is 5.52 Å². The predicted molar refractivity (Wildman–Crippen MR) is 67.5 cm³/mol. The molecule has 1 aliphatic rings. The largest absolute Gasteiger partial charge is 0.307 e. The third-order valence-corrected chi connectivity index (χ3v) is 3.54. The van der Waals surface area contributed by atoms with Crippen LogP contribution >= 0.6 is 15.9 Å². The van der Waals surface area contributed by atoms with Crippen LogP contribution in [-0.2, 0) is 6.54 Å². The molecule has 2 aromatic heterocycles. The number of hydrogen-bond acceptors (Lipinski definition) is 2. The molecule has 1 saturated carbocycles. The van der Waals surface area contributed by atoms with Crippen LogP contribution in [0.15, 0.2) is 22.9 Å². The number of rotatable bonds is 3. The van der Waals surface area contributed by atoms with Gasteiger partial charge in [-0.1, -0.05) is 0 Å². The Bertz CT molecular complexity index is 528. The molecule has 0 aromatic carbocycles. The molecule has 0 unspecified atom stereocenters. The van der Waals surface area contributed by atoms with Crippen LogP contribution in [0.5, 0.6) is 0 Å². The van der Waals surface area contributed by atoms with Crippen LogP contribution in [-0.4, -0.2) is 15.4 Å². The van der Waals surface area contributed by atoms with Crippen molar-refractivity contribution in [1.82, 2.24) is 14.7 Å². The Balaban J connectivity index is 1.97. The number of fused-ring (bicyclic) bond motifs is 1. The smallest absolute Gasteiger partial charge is 0.132 e. The lowest BCUT2D eigenvalue weighted by atomic mass is 10.3. The molecule has 2 heterocycles. The summed E-state index contributed by atoms with van der Waals surface area (Å²) in [5.41, 5.74) is 2.40. The number of aromatic nitrogens is 2. The second-order valence-electron chi connectivity index (χ2n) is 4.43. The van der Waals surface area contributed by atoms with Gasteiger partial charge >= 0.3 is 0 Å². The van der Waals surface area contributed by atoms with Crippen molar-refractivity contribution in [2.75, 3.05) is 0 Å². The highest BCUT2D eigenvalue weighted by Crippen LogP contribution is 2.22. The number of imidazole rings is 1. The highest BCUT2D eigenvalue weighted by molar-refractivity contribution is 9.10. The van der Waals surface area contributed by atoms with Crippen molar-refractivity contribution in [2.45, 2.75) is 32.4 Å². The topological polar surface area (TPSA) is 29.3 Å². The monoisotopic (exact) mass is 279 g/mol. The summed E-state index contributed by atoms with van der Waals surface area (Å²) in [7, 11) is 0. The van der Waals surface area contributed by atoms with Gasteiger partial charge in [0, 0.05) is 12.2 Å². The first-order chi connectivity index (χ1) is 7.74. The van der Waals surface area contributed by atoms with E-state index in [0.717, 1.165) is 28.5 Å². The van der Waals surface area contributed by atoms with E-state index in [-0.39, 0.29) is 0 Å². The molecule has 0 spiro atoms. The Morgan fingerprint density at radius 3 is 3.12 bits per heavy atom. The molecule has 0 atom stereocenters. The first-order valence-electron chi connectivity index (χ1n) is 5.60. The molecule has 4 heteroatoms. The van der Waals surface area contributed by atoms with Gasteiger partial charge in [0.05, 0.1) is 12.1 Å². The van der Waals surface area contributed by atoms with Crippen LogP contribution in [0.2, 0.25) is 0 Å². The van der Waals surface area contributed by atoms with E-state index in [0.29, 0.717) is 0 Å². The molecule has 0 radical (unpaired) electrons. The van der Waals surface area contributed by atoms with Gasteiger partial charge in [0.25, 0.3) is 0 Å². The number of aryl methyl sites for hydroxylation is 1. The molecule has 84 valence electrons. The second-order valence-corrected chi connectivity index (χ2v) is 5.18. The lowest BCUT2D eigenvalue weighted by Crippen LogP contribution is -2.17. The van der Waals surface area contributed by atoms with Gasteiger partial charge in [0.1, 0.15) is 10.4 Å². The van der Waals surface area contributed by atoms with E-state index in [4.69, 9.17) is 0 Å². The molecule has 3 rings (SSSR count). The van der Waals surface area contributed by atoms with Crippen molar-refractivity contribution in [2.24, 2.45) is 0 Å².